The number of rotatable bonds is 3. The van der Waals surface area contributed by atoms with Crippen LogP contribution in [0, 0.1) is 12.8 Å². The molecule has 0 aliphatic carbocycles. The number of nitrogens with zero attached hydrogens (tertiary/aromatic N) is 2. The van der Waals surface area contributed by atoms with E-state index in [9.17, 15) is 4.79 Å². The maximum absolute atomic E-state index is 12.3. The summed E-state index contributed by atoms with van der Waals surface area (Å²) in [6.07, 6.45) is 1.04. The van der Waals surface area contributed by atoms with Crippen LogP contribution in [-0.2, 0) is 4.79 Å². The second-order valence-electron chi connectivity index (χ2n) is 5.51. The second-order valence-corrected chi connectivity index (χ2v) is 5.51. The SMILES string of the molecule is Cc1nc(-c2cccc(NC(=O)C3NCCC3C)c2)n[nH]1. The molecule has 1 fully saturated rings. The van der Waals surface area contributed by atoms with Crippen molar-refractivity contribution in [2.24, 2.45) is 5.92 Å². The molecule has 1 amide bonds. The van der Waals surface area contributed by atoms with E-state index in [-0.39, 0.29) is 11.9 Å². The lowest BCUT2D eigenvalue weighted by Gasteiger charge is -2.15. The van der Waals surface area contributed by atoms with Crippen LogP contribution in [0.3, 0.4) is 0 Å². The number of carbonyl (C=O) groups is 1. The number of hydrogen-bond donors (Lipinski definition) is 3. The Morgan fingerprint density at radius 1 is 1.43 bits per heavy atom. The van der Waals surface area contributed by atoms with E-state index in [0.717, 1.165) is 30.0 Å². The number of benzene rings is 1. The molecule has 1 aliphatic rings. The van der Waals surface area contributed by atoms with Gasteiger partial charge < -0.3 is 10.6 Å². The molecule has 0 saturated carbocycles. The molecule has 3 N–H and O–H groups in total. The lowest BCUT2D eigenvalue weighted by molar-refractivity contribution is -0.118. The molecule has 110 valence electrons. The number of nitrogens with one attached hydrogen (secondary N) is 3. The Balaban J connectivity index is 1.76. The molecule has 1 aromatic carbocycles. The van der Waals surface area contributed by atoms with Gasteiger partial charge in [0.2, 0.25) is 5.91 Å². The lowest BCUT2D eigenvalue weighted by Crippen LogP contribution is -2.39. The van der Waals surface area contributed by atoms with Crippen molar-refractivity contribution in [2.75, 3.05) is 11.9 Å². The summed E-state index contributed by atoms with van der Waals surface area (Å²) in [5.41, 5.74) is 1.64. The molecule has 6 nitrogen and oxygen atoms in total. The molecule has 21 heavy (non-hydrogen) atoms. The molecule has 1 aliphatic heterocycles. The zero-order valence-electron chi connectivity index (χ0n) is 12.2. The van der Waals surface area contributed by atoms with Gasteiger partial charge in [0.25, 0.3) is 0 Å². The van der Waals surface area contributed by atoms with Crippen molar-refractivity contribution in [3.63, 3.8) is 0 Å². The van der Waals surface area contributed by atoms with Gasteiger partial charge in [0.15, 0.2) is 5.82 Å². The van der Waals surface area contributed by atoms with Crippen LogP contribution in [0.1, 0.15) is 19.2 Å². The van der Waals surface area contributed by atoms with Gasteiger partial charge in [-0.15, -0.1) is 0 Å². The van der Waals surface area contributed by atoms with Crippen LogP contribution in [0.4, 0.5) is 5.69 Å². The van der Waals surface area contributed by atoms with Crippen LogP contribution in [-0.4, -0.2) is 33.7 Å². The number of H-pyrrole nitrogens is 1. The van der Waals surface area contributed by atoms with E-state index in [1.165, 1.54) is 0 Å². The van der Waals surface area contributed by atoms with Crippen molar-refractivity contribution in [3.05, 3.63) is 30.1 Å². The van der Waals surface area contributed by atoms with Gasteiger partial charge in [-0.2, -0.15) is 5.10 Å². The summed E-state index contributed by atoms with van der Waals surface area (Å²) >= 11 is 0. The number of aromatic nitrogens is 3. The molecule has 1 saturated heterocycles. The maximum atomic E-state index is 12.3. The fourth-order valence-corrected chi connectivity index (χ4v) is 2.61. The molecule has 3 rings (SSSR count). The number of hydrogen-bond acceptors (Lipinski definition) is 4. The van der Waals surface area contributed by atoms with Crippen LogP contribution in [0.25, 0.3) is 11.4 Å². The largest absolute Gasteiger partial charge is 0.325 e. The van der Waals surface area contributed by atoms with Crippen LogP contribution >= 0.6 is 0 Å². The normalized spacial score (nSPS) is 21.4. The summed E-state index contributed by atoms with van der Waals surface area (Å²) in [4.78, 5) is 16.6. The van der Waals surface area contributed by atoms with Gasteiger partial charge in [0, 0.05) is 11.3 Å². The van der Waals surface area contributed by atoms with Crippen molar-refractivity contribution in [1.82, 2.24) is 20.5 Å². The Kier molecular flexibility index (Phi) is 3.70. The minimum absolute atomic E-state index is 0.0170. The summed E-state index contributed by atoms with van der Waals surface area (Å²) < 4.78 is 0. The van der Waals surface area contributed by atoms with Crippen molar-refractivity contribution in [2.45, 2.75) is 26.3 Å². The quantitative estimate of drug-likeness (QED) is 0.802. The minimum Gasteiger partial charge on any atom is -0.325 e. The van der Waals surface area contributed by atoms with Crippen LogP contribution in [0.15, 0.2) is 24.3 Å². The molecule has 0 bridgehead atoms. The Hall–Kier alpha value is -2.21. The van der Waals surface area contributed by atoms with Crippen LogP contribution in [0.5, 0.6) is 0 Å². The molecule has 1 aromatic heterocycles. The van der Waals surface area contributed by atoms with Gasteiger partial charge in [0.05, 0.1) is 6.04 Å². The first-order chi connectivity index (χ1) is 10.1. The van der Waals surface area contributed by atoms with E-state index >= 15 is 0 Å². The molecule has 0 radical (unpaired) electrons. The maximum Gasteiger partial charge on any atom is 0.241 e. The van der Waals surface area contributed by atoms with Crippen LogP contribution in [0.2, 0.25) is 0 Å². The van der Waals surface area contributed by atoms with Gasteiger partial charge in [-0.1, -0.05) is 19.1 Å². The average Bonchev–Trinajstić information content (AvgIpc) is 3.08. The predicted molar refractivity (Wildman–Crippen MR) is 80.8 cm³/mol. The number of aryl methyl sites for hydroxylation is 1. The summed E-state index contributed by atoms with van der Waals surface area (Å²) in [6, 6.07) is 7.47. The highest BCUT2D eigenvalue weighted by Crippen LogP contribution is 2.21. The van der Waals surface area contributed by atoms with Crippen molar-refractivity contribution in [3.8, 4) is 11.4 Å². The Morgan fingerprint density at radius 3 is 2.95 bits per heavy atom. The molecular formula is C15H19N5O. The molecule has 6 heteroatoms. The summed E-state index contributed by atoms with van der Waals surface area (Å²) in [6.45, 7) is 4.85. The monoisotopic (exact) mass is 285 g/mol. The van der Waals surface area contributed by atoms with Crippen molar-refractivity contribution in [1.29, 1.82) is 0 Å². The molecular weight excluding hydrogens is 266 g/mol. The standard InChI is InChI=1S/C15H19N5O/c1-9-6-7-16-13(9)15(21)18-12-5-3-4-11(8-12)14-17-10(2)19-20-14/h3-5,8-9,13,16H,6-7H2,1-2H3,(H,18,21)(H,17,19,20). The molecule has 2 unspecified atom stereocenters. The predicted octanol–water partition coefficient (Wildman–Crippen LogP) is 1.72. The molecule has 2 heterocycles. The number of amides is 1. The molecule has 2 atom stereocenters. The first kappa shape index (κ1) is 13.8. The average molecular weight is 285 g/mol. The van der Waals surface area contributed by atoms with Gasteiger partial charge >= 0.3 is 0 Å². The number of carbonyl (C=O) groups excluding carboxylic acids is 1. The Morgan fingerprint density at radius 2 is 2.29 bits per heavy atom. The van der Waals surface area contributed by atoms with E-state index in [2.05, 4.69) is 32.7 Å². The highest BCUT2D eigenvalue weighted by Gasteiger charge is 2.29. The third kappa shape index (κ3) is 2.95. The minimum atomic E-state index is -0.112. The smallest absolute Gasteiger partial charge is 0.241 e. The fraction of sp³-hybridized carbons (Fsp3) is 0.400. The first-order valence-electron chi connectivity index (χ1n) is 7.17. The molecule has 0 spiro atoms. The fourth-order valence-electron chi connectivity index (χ4n) is 2.61. The van der Waals surface area contributed by atoms with Gasteiger partial charge in [-0.3, -0.25) is 9.89 Å². The first-order valence-corrected chi connectivity index (χ1v) is 7.17. The van der Waals surface area contributed by atoms with E-state index in [4.69, 9.17) is 0 Å². The number of aromatic amines is 1. The summed E-state index contributed by atoms with van der Waals surface area (Å²) in [5, 5.41) is 13.2. The zero-order chi connectivity index (χ0) is 14.8. The zero-order valence-corrected chi connectivity index (χ0v) is 12.2. The van der Waals surface area contributed by atoms with E-state index in [1.807, 2.05) is 31.2 Å². The van der Waals surface area contributed by atoms with Crippen molar-refractivity contribution >= 4 is 11.6 Å². The third-order valence-electron chi connectivity index (χ3n) is 3.80. The van der Waals surface area contributed by atoms with Gasteiger partial charge in [-0.05, 0) is 37.9 Å². The van der Waals surface area contributed by atoms with Crippen molar-refractivity contribution < 1.29 is 4.79 Å². The lowest BCUT2D eigenvalue weighted by atomic mass is 10.0. The topological polar surface area (TPSA) is 82.7 Å². The van der Waals surface area contributed by atoms with Gasteiger partial charge in [-0.25, -0.2) is 4.98 Å². The summed E-state index contributed by atoms with van der Waals surface area (Å²) in [7, 11) is 0. The highest BCUT2D eigenvalue weighted by atomic mass is 16.2. The second kappa shape index (κ2) is 5.65. The number of anilines is 1. The van der Waals surface area contributed by atoms with E-state index in [0.29, 0.717) is 11.7 Å². The van der Waals surface area contributed by atoms with Gasteiger partial charge in [0.1, 0.15) is 5.82 Å². The van der Waals surface area contributed by atoms with E-state index in [1.54, 1.807) is 0 Å². The Bertz CT molecular complexity index is 651. The van der Waals surface area contributed by atoms with E-state index < -0.39 is 0 Å². The molecule has 2 aromatic rings. The van der Waals surface area contributed by atoms with Crippen LogP contribution < -0.4 is 10.6 Å². The summed E-state index contributed by atoms with van der Waals surface area (Å²) in [5.74, 6) is 1.78. The Labute approximate surface area is 123 Å². The highest BCUT2D eigenvalue weighted by molar-refractivity contribution is 5.95. The third-order valence-corrected chi connectivity index (χ3v) is 3.80.